The van der Waals surface area contributed by atoms with Gasteiger partial charge in [0, 0.05) is 20.1 Å². The Morgan fingerprint density at radius 1 is 1.00 bits per heavy atom. The summed E-state index contributed by atoms with van der Waals surface area (Å²) < 4.78 is 34.3. The number of nitrogens with one attached hydrogen (secondary N) is 1. The average Bonchev–Trinajstić information content (AvgIpc) is 2.72. The van der Waals surface area contributed by atoms with Crippen molar-refractivity contribution in [2.75, 3.05) is 14.2 Å². The van der Waals surface area contributed by atoms with Gasteiger partial charge in [0.15, 0.2) is 11.5 Å². The van der Waals surface area contributed by atoms with Gasteiger partial charge in [-0.2, -0.15) is 8.78 Å². The van der Waals surface area contributed by atoms with Crippen molar-refractivity contribution in [2.24, 2.45) is 0 Å². The van der Waals surface area contributed by atoms with E-state index in [0.717, 1.165) is 16.3 Å². The van der Waals surface area contributed by atoms with Crippen LogP contribution in [0.5, 0.6) is 11.5 Å². The van der Waals surface area contributed by atoms with Gasteiger partial charge < -0.3 is 19.7 Å². The second-order valence-electron chi connectivity index (χ2n) is 6.56. The zero-order chi connectivity index (χ0) is 20.8. The van der Waals surface area contributed by atoms with Crippen molar-refractivity contribution < 1.29 is 23.0 Å². The van der Waals surface area contributed by atoms with Crippen LogP contribution in [0.1, 0.15) is 11.1 Å². The van der Waals surface area contributed by atoms with Gasteiger partial charge in [-0.1, -0.05) is 42.5 Å². The predicted molar refractivity (Wildman–Crippen MR) is 107 cm³/mol. The zero-order valence-electron chi connectivity index (χ0n) is 16.2. The number of carbonyl (C=O) groups is 1. The largest absolute Gasteiger partial charge is 0.493 e. The second-order valence-corrected chi connectivity index (χ2v) is 6.56. The molecule has 0 saturated heterocycles. The Bertz CT molecular complexity index is 995. The molecule has 3 aromatic carbocycles. The lowest BCUT2D eigenvalue weighted by Crippen LogP contribution is -2.36. The topological polar surface area (TPSA) is 50.8 Å². The van der Waals surface area contributed by atoms with E-state index in [-0.39, 0.29) is 24.1 Å². The van der Waals surface area contributed by atoms with Gasteiger partial charge in [-0.15, -0.1) is 0 Å². The molecule has 3 rings (SSSR count). The average molecular weight is 400 g/mol. The van der Waals surface area contributed by atoms with Gasteiger partial charge in [0.2, 0.25) is 0 Å². The van der Waals surface area contributed by atoms with Gasteiger partial charge in [-0.3, -0.25) is 0 Å². The first-order valence-corrected chi connectivity index (χ1v) is 9.04. The summed E-state index contributed by atoms with van der Waals surface area (Å²) in [6.45, 7) is -2.24. The van der Waals surface area contributed by atoms with Crippen LogP contribution >= 0.6 is 0 Å². The van der Waals surface area contributed by atoms with Crippen LogP contribution in [0.2, 0.25) is 0 Å². The first kappa shape index (κ1) is 20.4. The number of benzene rings is 3. The number of hydrogen-bond acceptors (Lipinski definition) is 3. The molecule has 0 unspecified atom stereocenters. The van der Waals surface area contributed by atoms with E-state index in [0.29, 0.717) is 12.1 Å². The molecule has 0 spiro atoms. The van der Waals surface area contributed by atoms with Crippen molar-refractivity contribution >= 4 is 16.8 Å². The molecule has 2 amide bonds. The molecule has 1 N–H and O–H groups in total. The van der Waals surface area contributed by atoms with Crippen LogP contribution in [0.25, 0.3) is 10.8 Å². The van der Waals surface area contributed by atoms with Crippen LogP contribution in [0.4, 0.5) is 13.6 Å². The van der Waals surface area contributed by atoms with E-state index in [4.69, 9.17) is 4.74 Å². The first-order valence-electron chi connectivity index (χ1n) is 9.04. The fourth-order valence-electron chi connectivity index (χ4n) is 3.01. The molecular weight excluding hydrogens is 378 g/mol. The van der Waals surface area contributed by atoms with Crippen LogP contribution in [0, 0.1) is 0 Å². The maximum atomic E-state index is 12.4. The lowest BCUT2D eigenvalue weighted by molar-refractivity contribution is -0.0512. The molecule has 5 nitrogen and oxygen atoms in total. The highest BCUT2D eigenvalue weighted by atomic mass is 19.3. The van der Waals surface area contributed by atoms with Crippen molar-refractivity contribution in [2.45, 2.75) is 19.7 Å². The SMILES string of the molecule is COc1cc(CNC(=O)N(C)Cc2ccc3ccccc3c2)ccc1OC(F)F. The maximum absolute atomic E-state index is 12.4. The summed E-state index contributed by atoms with van der Waals surface area (Å²) in [5.74, 6) is 0.132. The molecular formula is C22H22F2N2O3. The molecule has 152 valence electrons. The molecule has 0 aliphatic heterocycles. The van der Waals surface area contributed by atoms with Crippen LogP contribution < -0.4 is 14.8 Å². The number of ether oxygens (including phenoxy) is 2. The number of nitrogens with zero attached hydrogens (tertiary/aromatic N) is 1. The molecule has 0 radical (unpaired) electrons. The van der Waals surface area contributed by atoms with Crippen molar-refractivity contribution in [1.82, 2.24) is 10.2 Å². The highest BCUT2D eigenvalue weighted by molar-refractivity contribution is 5.83. The van der Waals surface area contributed by atoms with Gasteiger partial charge in [-0.05, 0) is 40.1 Å². The fourth-order valence-corrected chi connectivity index (χ4v) is 3.01. The molecule has 0 saturated carbocycles. The quantitative estimate of drug-likeness (QED) is 0.620. The van der Waals surface area contributed by atoms with Crippen molar-refractivity contribution in [3.63, 3.8) is 0 Å². The number of fused-ring (bicyclic) bond motifs is 1. The molecule has 0 aliphatic carbocycles. The van der Waals surface area contributed by atoms with E-state index in [1.54, 1.807) is 24.1 Å². The Balaban J connectivity index is 1.59. The summed E-state index contributed by atoms with van der Waals surface area (Å²) in [5, 5.41) is 5.08. The lowest BCUT2D eigenvalue weighted by Gasteiger charge is -2.19. The van der Waals surface area contributed by atoms with Gasteiger partial charge in [-0.25, -0.2) is 4.79 Å². The summed E-state index contributed by atoms with van der Waals surface area (Å²) in [6, 6.07) is 18.4. The smallest absolute Gasteiger partial charge is 0.387 e. The molecule has 0 heterocycles. The third-order valence-electron chi connectivity index (χ3n) is 4.47. The number of amides is 2. The van der Waals surface area contributed by atoms with Crippen LogP contribution in [-0.4, -0.2) is 31.7 Å². The number of carbonyl (C=O) groups excluding carboxylic acids is 1. The fraction of sp³-hybridized carbons (Fsp3) is 0.227. The zero-order valence-corrected chi connectivity index (χ0v) is 16.2. The highest BCUT2D eigenvalue weighted by Gasteiger charge is 2.13. The summed E-state index contributed by atoms with van der Waals surface area (Å²) >= 11 is 0. The molecule has 3 aromatic rings. The number of hydrogen-bond donors (Lipinski definition) is 1. The summed E-state index contributed by atoms with van der Waals surface area (Å²) in [7, 11) is 3.08. The van der Waals surface area contributed by atoms with Crippen molar-refractivity contribution in [3.8, 4) is 11.5 Å². The maximum Gasteiger partial charge on any atom is 0.387 e. The molecule has 0 aromatic heterocycles. The minimum absolute atomic E-state index is 0.0500. The Morgan fingerprint density at radius 2 is 1.72 bits per heavy atom. The summed E-state index contributed by atoms with van der Waals surface area (Å²) in [4.78, 5) is 14.0. The number of alkyl halides is 2. The number of halogens is 2. The highest BCUT2D eigenvalue weighted by Crippen LogP contribution is 2.29. The number of urea groups is 1. The molecule has 29 heavy (non-hydrogen) atoms. The Morgan fingerprint density at radius 3 is 2.45 bits per heavy atom. The molecule has 0 aliphatic rings. The van der Waals surface area contributed by atoms with Gasteiger partial charge in [0.05, 0.1) is 7.11 Å². The Labute approximate surface area is 167 Å². The minimum Gasteiger partial charge on any atom is -0.493 e. The summed E-state index contributed by atoms with van der Waals surface area (Å²) in [5.41, 5.74) is 1.73. The Hall–Kier alpha value is -3.35. The van der Waals surface area contributed by atoms with Gasteiger partial charge in [0.25, 0.3) is 0 Å². The second kappa shape index (κ2) is 9.23. The van der Waals surface area contributed by atoms with Crippen molar-refractivity contribution in [3.05, 3.63) is 71.8 Å². The molecule has 7 heteroatoms. The normalized spacial score (nSPS) is 10.8. The van der Waals surface area contributed by atoms with Crippen LogP contribution in [0.15, 0.2) is 60.7 Å². The number of rotatable bonds is 7. The lowest BCUT2D eigenvalue weighted by atomic mass is 10.1. The van der Waals surface area contributed by atoms with Gasteiger partial charge >= 0.3 is 12.6 Å². The molecule has 0 bridgehead atoms. The molecule has 0 atom stereocenters. The summed E-state index contributed by atoms with van der Waals surface area (Å²) in [6.07, 6.45) is 0. The number of methoxy groups -OCH3 is 1. The van der Waals surface area contributed by atoms with E-state index >= 15 is 0 Å². The minimum atomic E-state index is -2.93. The monoisotopic (exact) mass is 400 g/mol. The molecule has 0 fully saturated rings. The third kappa shape index (κ3) is 5.34. The van der Waals surface area contributed by atoms with E-state index in [1.807, 2.05) is 36.4 Å². The first-order chi connectivity index (χ1) is 14.0. The van der Waals surface area contributed by atoms with E-state index < -0.39 is 6.61 Å². The van der Waals surface area contributed by atoms with E-state index in [2.05, 4.69) is 16.1 Å². The van der Waals surface area contributed by atoms with E-state index in [1.165, 1.54) is 13.2 Å². The Kier molecular flexibility index (Phi) is 6.49. The van der Waals surface area contributed by atoms with Crippen LogP contribution in [0.3, 0.4) is 0 Å². The van der Waals surface area contributed by atoms with Gasteiger partial charge in [0.1, 0.15) is 0 Å². The third-order valence-corrected chi connectivity index (χ3v) is 4.47. The standard InChI is InChI=1S/C22H22F2N2O3/c1-26(14-16-7-9-17-5-3-4-6-18(17)11-16)22(27)25-13-15-8-10-19(29-21(23)24)20(12-15)28-2/h3-12,21H,13-14H2,1-2H3,(H,25,27). The van der Waals surface area contributed by atoms with E-state index in [9.17, 15) is 13.6 Å². The predicted octanol–water partition coefficient (Wildman–Crippen LogP) is 4.79. The van der Waals surface area contributed by atoms with Crippen molar-refractivity contribution in [1.29, 1.82) is 0 Å². The van der Waals surface area contributed by atoms with Crippen LogP contribution in [-0.2, 0) is 13.1 Å².